The summed E-state index contributed by atoms with van der Waals surface area (Å²) < 4.78 is 0. The summed E-state index contributed by atoms with van der Waals surface area (Å²) in [5.74, 6) is 0.0108. The van der Waals surface area contributed by atoms with E-state index in [-0.39, 0.29) is 17.9 Å². The number of hydrogen-bond donors (Lipinski definition) is 1. The number of rotatable bonds is 6. The third-order valence-corrected chi connectivity index (χ3v) is 9.16. The summed E-state index contributed by atoms with van der Waals surface area (Å²) in [7, 11) is 0. The van der Waals surface area contributed by atoms with Crippen LogP contribution in [-0.2, 0) is 10.4 Å². The van der Waals surface area contributed by atoms with E-state index in [1.165, 1.54) is 0 Å². The Kier molecular flexibility index (Phi) is 9.05. The second-order valence-corrected chi connectivity index (χ2v) is 12.2. The molecular weight excluding hydrogens is 557 g/mol. The van der Waals surface area contributed by atoms with Crippen molar-refractivity contribution in [3.8, 4) is 0 Å². The maximum absolute atomic E-state index is 13.6. The van der Waals surface area contributed by atoms with Gasteiger partial charge in [0.2, 0.25) is 5.91 Å². The number of nitrogens with zero attached hydrogens (tertiary/aromatic N) is 3. The Balaban J connectivity index is 1.27. The highest BCUT2D eigenvalue weighted by molar-refractivity contribution is 6.42. The molecule has 6 nitrogen and oxygen atoms in total. The summed E-state index contributed by atoms with van der Waals surface area (Å²) in [6.45, 7) is 7.34. The number of carbonyl (C=O) groups excluding carboxylic acids is 2. The first-order chi connectivity index (χ1) is 19.6. The predicted molar refractivity (Wildman–Crippen MR) is 163 cm³/mol. The Morgan fingerprint density at radius 1 is 0.878 bits per heavy atom. The van der Waals surface area contributed by atoms with E-state index in [4.69, 9.17) is 23.2 Å². The number of carbonyl (C=O) groups is 2. The van der Waals surface area contributed by atoms with Crippen LogP contribution in [0.1, 0.15) is 57.9 Å². The molecule has 0 unspecified atom stereocenters. The number of aliphatic hydroxyl groups is 1. The minimum Gasteiger partial charge on any atom is -0.385 e. The van der Waals surface area contributed by atoms with Crippen LogP contribution in [0.15, 0.2) is 66.7 Å². The van der Waals surface area contributed by atoms with Gasteiger partial charge in [-0.15, -0.1) is 0 Å². The fourth-order valence-electron chi connectivity index (χ4n) is 6.13. The molecule has 1 N–H and O–H groups in total. The minimum absolute atomic E-state index is 0.0341. The number of hydrogen-bond acceptors (Lipinski definition) is 4. The zero-order chi connectivity index (χ0) is 29.1. The lowest BCUT2D eigenvalue weighted by molar-refractivity contribution is -0.136. The van der Waals surface area contributed by atoms with Crippen LogP contribution in [0.3, 0.4) is 0 Å². The SMILES string of the molecule is Cc1cc(C)cc(C(=O)N2CCN(C(=O)CCN3CCC(O)(c4ccccc4)CC3)[C@H](c3ccc(Cl)c(Cl)c3)C2)c1. The number of piperidine rings is 1. The van der Waals surface area contributed by atoms with Crippen molar-refractivity contribution in [2.75, 3.05) is 39.3 Å². The van der Waals surface area contributed by atoms with Gasteiger partial charge in [0.1, 0.15) is 0 Å². The summed E-state index contributed by atoms with van der Waals surface area (Å²) in [5, 5.41) is 12.0. The quantitative estimate of drug-likeness (QED) is 0.380. The third-order valence-electron chi connectivity index (χ3n) is 8.42. The highest BCUT2D eigenvalue weighted by Crippen LogP contribution is 2.34. The van der Waals surface area contributed by atoms with Crippen molar-refractivity contribution in [3.63, 3.8) is 0 Å². The Morgan fingerprint density at radius 2 is 1.56 bits per heavy atom. The van der Waals surface area contributed by atoms with E-state index in [0.717, 1.165) is 35.3 Å². The first kappa shape index (κ1) is 29.6. The van der Waals surface area contributed by atoms with E-state index < -0.39 is 5.60 Å². The maximum atomic E-state index is 13.6. The molecular formula is C33H37Cl2N3O3. The molecule has 2 heterocycles. The smallest absolute Gasteiger partial charge is 0.254 e. The minimum atomic E-state index is -0.820. The summed E-state index contributed by atoms with van der Waals surface area (Å²) in [6, 6.07) is 20.8. The van der Waals surface area contributed by atoms with Crippen molar-refractivity contribution in [3.05, 3.63) is 105 Å². The average molecular weight is 595 g/mol. The van der Waals surface area contributed by atoms with Gasteiger partial charge >= 0.3 is 0 Å². The zero-order valence-electron chi connectivity index (χ0n) is 23.7. The van der Waals surface area contributed by atoms with Crippen molar-refractivity contribution in [2.24, 2.45) is 0 Å². The monoisotopic (exact) mass is 593 g/mol. The number of piperazine rings is 1. The fourth-order valence-corrected chi connectivity index (χ4v) is 6.44. The summed E-state index contributed by atoms with van der Waals surface area (Å²) in [6.07, 6.45) is 1.64. The Labute approximate surface area is 252 Å². The standard InChI is InChI=1S/C33H37Cl2N3O3/c1-23-18-24(2)20-26(19-23)32(40)37-16-17-38(30(22-37)25-8-9-28(34)29(35)21-25)31(39)10-13-36-14-11-33(41,12-15-36)27-6-4-3-5-7-27/h3-9,18-21,30,41H,10-17,22H2,1-2H3/t30-/m0/s1. The molecule has 216 valence electrons. The predicted octanol–water partition coefficient (Wildman–Crippen LogP) is 6.01. The van der Waals surface area contributed by atoms with Gasteiger partial charge in [-0.25, -0.2) is 0 Å². The molecule has 2 aliphatic rings. The molecule has 0 spiro atoms. The van der Waals surface area contributed by atoms with Crippen LogP contribution in [-0.4, -0.2) is 70.9 Å². The van der Waals surface area contributed by atoms with E-state index in [9.17, 15) is 14.7 Å². The van der Waals surface area contributed by atoms with E-state index >= 15 is 0 Å². The van der Waals surface area contributed by atoms with Gasteiger partial charge in [0.15, 0.2) is 0 Å². The van der Waals surface area contributed by atoms with E-state index in [1.807, 2.05) is 72.2 Å². The van der Waals surface area contributed by atoms with Crippen molar-refractivity contribution in [1.29, 1.82) is 0 Å². The van der Waals surface area contributed by atoms with Gasteiger partial charge in [-0.3, -0.25) is 9.59 Å². The number of amides is 2. The number of aryl methyl sites for hydroxylation is 2. The van der Waals surface area contributed by atoms with E-state index in [1.54, 1.807) is 12.1 Å². The molecule has 0 aliphatic carbocycles. The number of likely N-dealkylation sites (tertiary alicyclic amines) is 1. The van der Waals surface area contributed by atoms with Crippen LogP contribution in [0, 0.1) is 13.8 Å². The largest absolute Gasteiger partial charge is 0.385 e. The van der Waals surface area contributed by atoms with Crippen LogP contribution in [0.4, 0.5) is 0 Å². The lowest BCUT2D eigenvalue weighted by atomic mass is 9.84. The van der Waals surface area contributed by atoms with Crippen molar-refractivity contribution in [1.82, 2.24) is 14.7 Å². The third kappa shape index (κ3) is 6.78. The summed E-state index contributed by atoms with van der Waals surface area (Å²) in [4.78, 5) is 33.1. The first-order valence-electron chi connectivity index (χ1n) is 14.3. The van der Waals surface area contributed by atoms with Crippen LogP contribution in [0.25, 0.3) is 0 Å². The molecule has 3 aromatic rings. The van der Waals surface area contributed by atoms with Gasteiger partial charge in [-0.1, -0.05) is 76.8 Å². The molecule has 1 atom stereocenters. The number of benzene rings is 3. The topological polar surface area (TPSA) is 64.1 Å². The summed E-state index contributed by atoms with van der Waals surface area (Å²) >= 11 is 12.6. The van der Waals surface area contributed by atoms with Gasteiger partial charge in [-0.2, -0.15) is 0 Å². The molecule has 3 aromatic carbocycles. The fraction of sp³-hybridized carbons (Fsp3) is 0.394. The normalized spacial score (nSPS) is 19.3. The van der Waals surface area contributed by atoms with Gasteiger partial charge in [-0.05, 0) is 62.1 Å². The van der Waals surface area contributed by atoms with Crippen molar-refractivity contribution < 1.29 is 14.7 Å². The van der Waals surface area contributed by atoms with Gasteiger partial charge in [0.25, 0.3) is 5.91 Å². The summed E-state index contributed by atoms with van der Waals surface area (Å²) in [5.41, 5.74) is 3.74. The van der Waals surface area contributed by atoms with Gasteiger partial charge in [0.05, 0.1) is 21.7 Å². The van der Waals surface area contributed by atoms with E-state index in [0.29, 0.717) is 61.1 Å². The van der Waals surface area contributed by atoms with Gasteiger partial charge in [0, 0.05) is 51.3 Å². The highest BCUT2D eigenvalue weighted by Gasteiger charge is 2.36. The molecule has 2 aliphatic heterocycles. The first-order valence-corrected chi connectivity index (χ1v) is 15.0. The molecule has 5 rings (SSSR count). The molecule has 0 bridgehead atoms. The molecule has 41 heavy (non-hydrogen) atoms. The zero-order valence-corrected chi connectivity index (χ0v) is 25.2. The lowest BCUT2D eigenvalue weighted by Crippen LogP contribution is -2.53. The molecule has 2 saturated heterocycles. The van der Waals surface area contributed by atoms with Crippen LogP contribution in [0.2, 0.25) is 10.0 Å². The van der Waals surface area contributed by atoms with Crippen molar-refractivity contribution in [2.45, 2.75) is 44.8 Å². The van der Waals surface area contributed by atoms with Crippen LogP contribution >= 0.6 is 23.2 Å². The van der Waals surface area contributed by atoms with Crippen LogP contribution in [0.5, 0.6) is 0 Å². The van der Waals surface area contributed by atoms with Crippen molar-refractivity contribution >= 4 is 35.0 Å². The average Bonchev–Trinajstić information content (AvgIpc) is 2.97. The maximum Gasteiger partial charge on any atom is 0.254 e. The van der Waals surface area contributed by atoms with E-state index in [2.05, 4.69) is 11.0 Å². The Bertz CT molecular complexity index is 1390. The Morgan fingerprint density at radius 3 is 2.22 bits per heavy atom. The molecule has 2 fully saturated rings. The highest BCUT2D eigenvalue weighted by atomic mass is 35.5. The van der Waals surface area contributed by atoms with Gasteiger partial charge < -0.3 is 19.8 Å². The molecule has 0 radical (unpaired) electrons. The number of halogens is 2. The lowest BCUT2D eigenvalue weighted by Gasteiger charge is -2.42. The molecule has 0 aromatic heterocycles. The molecule has 2 amide bonds. The second-order valence-electron chi connectivity index (χ2n) is 11.4. The molecule has 0 saturated carbocycles. The Hall–Kier alpha value is -2.90. The van der Waals surface area contributed by atoms with Crippen LogP contribution < -0.4 is 0 Å². The second kappa shape index (κ2) is 12.5. The molecule has 8 heteroatoms.